The second-order valence-electron chi connectivity index (χ2n) is 5.33. The molecule has 3 rings (SSSR count). The van der Waals surface area contributed by atoms with Crippen molar-refractivity contribution in [3.63, 3.8) is 0 Å². The number of benzene rings is 1. The topological polar surface area (TPSA) is 78.0 Å². The van der Waals surface area contributed by atoms with Gasteiger partial charge in [-0.05, 0) is 42.1 Å². The lowest BCUT2D eigenvalue weighted by Crippen LogP contribution is -2.16. The zero-order valence-electron chi connectivity index (χ0n) is 12.8. The molecule has 10 heteroatoms. The molecule has 2 N–H and O–H groups in total. The van der Waals surface area contributed by atoms with E-state index < -0.39 is 21.9 Å². The largest absolute Gasteiger partial charge is 0.435 e. The summed E-state index contributed by atoms with van der Waals surface area (Å²) in [5.41, 5.74) is -0.137. The van der Waals surface area contributed by atoms with Crippen LogP contribution >= 0.6 is 11.3 Å². The Kier molecular flexibility index (Phi) is 4.21. The van der Waals surface area contributed by atoms with Crippen LogP contribution < -0.4 is 5.14 Å². The van der Waals surface area contributed by atoms with Crippen LogP contribution in [0.4, 0.5) is 13.2 Å². The summed E-state index contributed by atoms with van der Waals surface area (Å²) >= 11 is 1.24. The average molecular weight is 387 g/mol. The molecule has 0 spiro atoms. The van der Waals surface area contributed by atoms with Gasteiger partial charge in [0.15, 0.2) is 5.69 Å². The fourth-order valence-electron chi connectivity index (χ4n) is 2.32. The van der Waals surface area contributed by atoms with E-state index in [0.717, 1.165) is 16.3 Å². The SMILES string of the molecule is Cc1csc(-c2cc(C(F)(F)F)nn2-c2ccccc2S(N)(=O)=O)c1. The van der Waals surface area contributed by atoms with Crippen molar-refractivity contribution in [1.82, 2.24) is 9.78 Å². The van der Waals surface area contributed by atoms with Crippen molar-refractivity contribution in [3.8, 4) is 16.3 Å². The maximum absolute atomic E-state index is 13.1. The molecule has 3 aromatic rings. The lowest BCUT2D eigenvalue weighted by molar-refractivity contribution is -0.141. The van der Waals surface area contributed by atoms with Gasteiger partial charge in [-0.3, -0.25) is 0 Å². The molecule has 0 atom stereocenters. The number of rotatable bonds is 3. The first kappa shape index (κ1) is 17.6. The van der Waals surface area contributed by atoms with Crippen LogP contribution in [0.25, 0.3) is 16.3 Å². The molecular weight excluding hydrogens is 375 g/mol. The molecule has 0 unspecified atom stereocenters. The third kappa shape index (κ3) is 3.46. The Bertz CT molecular complexity index is 1040. The Labute approximate surface area is 145 Å². The van der Waals surface area contributed by atoms with E-state index >= 15 is 0 Å². The summed E-state index contributed by atoms with van der Waals surface area (Å²) in [6.07, 6.45) is -4.66. The standard InChI is InChI=1S/C15H12F3N3O2S2/c1-9-6-12(24-8-9)11-7-14(15(16,17)18)20-21(11)10-4-2-3-5-13(10)25(19,22)23/h2-8H,1H3,(H2,19,22,23). The number of sulfonamides is 1. The lowest BCUT2D eigenvalue weighted by Gasteiger charge is -2.10. The Morgan fingerprint density at radius 1 is 1.20 bits per heavy atom. The zero-order chi connectivity index (χ0) is 18.4. The lowest BCUT2D eigenvalue weighted by atomic mass is 10.2. The smallest absolute Gasteiger partial charge is 0.230 e. The van der Waals surface area contributed by atoms with E-state index in [1.807, 2.05) is 6.92 Å². The van der Waals surface area contributed by atoms with E-state index in [4.69, 9.17) is 5.14 Å². The van der Waals surface area contributed by atoms with Gasteiger partial charge in [-0.2, -0.15) is 18.3 Å². The van der Waals surface area contributed by atoms with Gasteiger partial charge >= 0.3 is 6.18 Å². The van der Waals surface area contributed by atoms with Crippen molar-refractivity contribution >= 4 is 21.4 Å². The zero-order valence-corrected chi connectivity index (χ0v) is 14.4. The molecule has 0 aliphatic carbocycles. The van der Waals surface area contributed by atoms with E-state index in [-0.39, 0.29) is 16.3 Å². The van der Waals surface area contributed by atoms with Gasteiger partial charge in [0, 0.05) is 0 Å². The van der Waals surface area contributed by atoms with Gasteiger partial charge < -0.3 is 0 Å². The molecule has 0 bridgehead atoms. The maximum atomic E-state index is 13.1. The van der Waals surface area contributed by atoms with Crippen molar-refractivity contribution in [2.45, 2.75) is 18.0 Å². The molecule has 132 valence electrons. The summed E-state index contributed by atoms with van der Waals surface area (Å²) in [4.78, 5) is 0.228. The summed E-state index contributed by atoms with van der Waals surface area (Å²) in [6, 6.07) is 8.12. The van der Waals surface area contributed by atoms with E-state index in [0.29, 0.717) is 4.88 Å². The summed E-state index contributed by atoms with van der Waals surface area (Å²) in [5.74, 6) is 0. The number of nitrogens with zero attached hydrogens (tertiary/aromatic N) is 2. The quantitative estimate of drug-likeness (QED) is 0.746. The van der Waals surface area contributed by atoms with E-state index in [1.165, 1.54) is 35.6 Å². The van der Waals surface area contributed by atoms with Crippen LogP contribution in [0.3, 0.4) is 0 Å². The first-order valence-corrected chi connectivity index (χ1v) is 9.35. The first-order chi connectivity index (χ1) is 11.6. The number of primary sulfonamides is 1. The highest BCUT2D eigenvalue weighted by molar-refractivity contribution is 7.89. The van der Waals surface area contributed by atoms with Crippen LogP contribution in [0.15, 0.2) is 46.7 Å². The fourth-order valence-corrected chi connectivity index (χ4v) is 3.93. The van der Waals surface area contributed by atoms with Gasteiger partial charge in [-0.1, -0.05) is 12.1 Å². The predicted octanol–water partition coefficient (Wildman–Crippen LogP) is 3.58. The third-order valence-corrected chi connectivity index (χ3v) is 5.41. The number of hydrogen-bond acceptors (Lipinski definition) is 4. The molecule has 0 fully saturated rings. The molecule has 0 aliphatic rings. The Morgan fingerprint density at radius 2 is 1.88 bits per heavy atom. The van der Waals surface area contributed by atoms with E-state index in [2.05, 4.69) is 5.10 Å². The Morgan fingerprint density at radius 3 is 2.44 bits per heavy atom. The Hall–Kier alpha value is -2.17. The van der Waals surface area contributed by atoms with E-state index in [1.54, 1.807) is 11.4 Å². The van der Waals surface area contributed by atoms with Gasteiger partial charge in [0.2, 0.25) is 10.0 Å². The minimum atomic E-state index is -4.66. The van der Waals surface area contributed by atoms with E-state index in [9.17, 15) is 21.6 Å². The van der Waals surface area contributed by atoms with Crippen molar-refractivity contribution in [2.24, 2.45) is 5.14 Å². The van der Waals surface area contributed by atoms with Crippen LogP contribution in [-0.4, -0.2) is 18.2 Å². The number of hydrogen-bond donors (Lipinski definition) is 1. The van der Waals surface area contributed by atoms with Crippen LogP contribution in [0.1, 0.15) is 11.3 Å². The monoisotopic (exact) mass is 387 g/mol. The van der Waals surface area contributed by atoms with Gasteiger partial charge in [-0.25, -0.2) is 18.2 Å². The number of nitrogens with two attached hydrogens (primary N) is 1. The maximum Gasteiger partial charge on any atom is 0.435 e. The molecule has 2 heterocycles. The predicted molar refractivity (Wildman–Crippen MR) is 88.0 cm³/mol. The van der Waals surface area contributed by atoms with Gasteiger partial charge in [0.25, 0.3) is 0 Å². The molecule has 1 aromatic carbocycles. The molecule has 0 saturated heterocycles. The van der Waals surface area contributed by atoms with Crippen LogP contribution in [0, 0.1) is 6.92 Å². The van der Waals surface area contributed by atoms with Crippen molar-refractivity contribution in [2.75, 3.05) is 0 Å². The van der Waals surface area contributed by atoms with Crippen LogP contribution in [0.2, 0.25) is 0 Å². The van der Waals surface area contributed by atoms with Gasteiger partial charge in [0.05, 0.1) is 16.3 Å². The highest BCUT2D eigenvalue weighted by atomic mass is 32.2. The highest BCUT2D eigenvalue weighted by Crippen LogP contribution is 2.36. The minimum Gasteiger partial charge on any atom is -0.230 e. The van der Waals surface area contributed by atoms with Crippen molar-refractivity contribution in [1.29, 1.82) is 0 Å². The normalized spacial score (nSPS) is 12.5. The molecule has 0 saturated carbocycles. The number of aromatic nitrogens is 2. The number of alkyl halides is 3. The summed E-state index contributed by atoms with van der Waals surface area (Å²) < 4.78 is 64.0. The summed E-state index contributed by atoms with van der Waals surface area (Å²) in [6.45, 7) is 1.81. The Balaban J connectivity index is 2.32. The molecule has 0 radical (unpaired) electrons. The third-order valence-electron chi connectivity index (χ3n) is 3.38. The number of halogens is 3. The molecule has 5 nitrogen and oxygen atoms in total. The number of para-hydroxylation sites is 1. The molecule has 2 aromatic heterocycles. The molecule has 0 aliphatic heterocycles. The highest BCUT2D eigenvalue weighted by Gasteiger charge is 2.36. The van der Waals surface area contributed by atoms with Gasteiger partial charge in [-0.15, -0.1) is 11.3 Å². The minimum absolute atomic E-state index is 0.0402. The van der Waals surface area contributed by atoms with Crippen LogP contribution in [0.5, 0.6) is 0 Å². The van der Waals surface area contributed by atoms with Crippen molar-refractivity contribution in [3.05, 3.63) is 53.0 Å². The second kappa shape index (κ2) is 5.97. The van der Waals surface area contributed by atoms with Crippen LogP contribution in [-0.2, 0) is 16.2 Å². The molecule has 0 amide bonds. The fraction of sp³-hybridized carbons (Fsp3) is 0.133. The summed E-state index contributed by atoms with van der Waals surface area (Å²) in [7, 11) is -4.14. The second-order valence-corrected chi connectivity index (χ2v) is 7.77. The number of thiophene rings is 1. The average Bonchev–Trinajstić information content (AvgIpc) is 3.11. The number of aryl methyl sites for hydroxylation is 1. The summed E-state index contributed by atoms with van der Waals surface area (Å²) in [5, 5.41) is 10.6. The molecular formula is C15H12F3N3O2S2. The van der Waals surface area contributed by atoms with Gasteiger partial charge in [0.1, 0.15) is 4.90 Å². The van der Waals surface area contributed by atoms with Crippen molar-refractivity contribution < 1.29 is 21.6 Å². The first-order valence-electron chi connectivity index (χ1n) is 6.92. The molecule has 25 heavy (non-hydrogen) atoms.